The summed E-state index contributed by atoms with van der Waals surface area (Å²) in [6.45, 7) is 1.27. The third kappa shape index (κ3) is 5.51. The molecule has 0 bridgehead atoms. The molecule has 0 amide bonds. The molecule has 0 saturated carbocycles. The minimum atomic E-state index is 0.529. The Labute approximate surface area is 198 Å². The van der Waals surface area contributed by atoms with Crippen molar-refractivity contribution >= 4 is 22.8 Å². The topological polar surface area (TPSA) is 105 Å². The molecule has 2 aromatic carbocycles. The predicted molar refractivity (Wildman–Crippen MR) is 132 cm³/mol. The molecule has 0 aliphatic heterocycles. The number of hydrogen-bond donors (Lipinski definition) is 2. The van der Waals surface area contributed by atoms with Crippen LogP contribution in [-0.2, 0) is 13.0 Å². The highest BCUT2D eigenvalue weighted by Crippen LogP contribution is 2.28. The van der Waals surface area contributed by atoms with Gasteiger partial charge in [0.25, 0.3) is 0 Å². The molecule has 4 aromatic rings. The van der Waals surface area contributed by atoms with Crippen molar-refractivity contribution in [3.8, 4) is 17.6 Å². The van der Waals surface area contributed by atoms with Crippen LogP contribution in [-0.4, -0.2) is 35.7 Å². The quantitative estimate of drug-likeness (QED) is 0.336. The molecule has 0 spiro atoms. The van der Waals surface area contributed by atoms with E-state index in [9.17, 15) is 0 Å². The predicted octanol–water partition coefficient (Wildman–Crippen LogP) is 4.57. The number of fused-ring (bicyclic) bond motifs is 1. The maximum absolute atomic E-state index is 8.92. The molecule has 0 aliphatic rings. The molecule has 0 aliphatic carbocycles. The average Bonchev–Trinajstić information content (AvgIpc) is 2.89. The standard InChI is InChI=1S/C26H26N6O2/c1-33-22-12-11-20(15-23(22)34-2)17-30-25-21-6-4-13-28-24(21)31-26(32-25)29-14-3-5-18-7-9-19(16-27)10-8-18/h4,6-13,15H,3,5,14,17H2,1-2H3,(H2,28,29,30,31,32). The second-order valence-corrected chi connectivity index (χ2v) is 7.65. The summed E-state index contributed by atoms with van der Waals surface area (Å²) in [4.78, 5) is 13.7. The summed E-state index contributed by atoms with van der Waals surface area (Å²) in [5.41, 5.74) is 3.53. The molecule has 0 radical (unpaired) electrons. The van der Waals surface area contributed by atoms with Gasteiger partial charge in [0.2, 0.25) is 5.95 Å². The van der Waals surface area contributed by atoms with Gasteiger partial charge in [-0.15, -0.1) is 0 Å². The van der Waals surface area contributed by atoms with Crippen LogP contribution in [0.15, 0.2) is 60.8 Å². The lowest BCUT2D eigenvalue weighted by Crippen LogP contribution is -2.10. The van der Waals surface area contributed by atoms with Crippen molar-refractivity contribution in [2.45, 2.75) is 19.4 Å². The third-order valence-corrected chi connectivity index (χ3v) is 5.39. The Morgan fingerprint density at radius 3 is 2.47 bits per heavy atom. The number of nitrogens with zero attached hydrogens (tertiary/aromatic N) is 4. The van der Waals surface area contributed by atoms with Crippen molar-refractivity contribution in [3.63, 3.8) is 0 Å². The normalized spacial score (nSPS) is 10.5. The number of anilines is 2. The third-order valence-electron chi connectivity index (χ3n) is 5.39. The van der Waals surface area contributed by atoms with Gasteiger partial charge in [-0.3, -0.25) is 0 Å². The van der Waals surface area contributed by atoms with Gasteiger partial charge in [-0.05, 0) is 60.4 Å². The fraction of sp³-hybridized carbons (Fsp3) is 0.231. The minimum absolute atomic E-state index is 0.529. The number of nitrogens with one attached hydrogen (secondary N) is 2. The van der Waals surface area contributed by atoms with Crippen molar-refractivity contribution in [2.75, 3.05) is 31.4 Å². The molecule has 2 aromatic heterocycles. The fourth-order valence-electron chi connectivity index (χ4n) is 3.59. The molecule has 34 heavy (non-hydrogen) atoms. The molecule has 0 saturated heterocycles. The Kier molecular flexibility index (Phi) is 7.35. The van der Waals surface area contributed by atoms with Crippen LogP contribution < -0.4 is 20.1 Å². The van der Waals surface area contributed by atoms with E-state index in [1.807, 2.05) is 54.6 Å². The van der Waals surface area contributed by atoms with Gasteiger partial charge < -0.3 is 20.1 Å². The first-order valence-electron chi connectivity index (χ1n) is 11.0. The molecule has 8 nitrogen and oxygen atoms in total. The molecule has 0 atom stereocenters. The summed E-state index contributed by atoms with van der Waals surface area (Å²) in [5, 5.41) is 16.5. The summed E-state index contributed by atoms with van der Waals surface area (Å²) in [7, 11) is 3.24. The lowest BCUT2D eigenvalue weighted by molar-refractivity contribution is 0.354. The number of rotatable bonds is 10. The maximum Gasteiger partial charge on any atom is 0.226 e. The van der Waals surface area contributed by atoms with E-state index in [2.05, 4.69) is 26.7 Å². The van der Waals surface area contributed by atoms with Gasteiger partial charge >= 0.3 is 0 Å². The van der Waals surface area contributed by atoms with Crippen molar-refractivity contribution in [1.29, 1.82) is 5.26 Å². The summed E-state index contributed by atoms with van der Waals surface area (Å²) >= 11 is 0. The van der Waals surface area contributed by atoms with E-state index < -0.39 is 0 Å². The van der Waals surface area contributed by atoms with Gasteiger partial charge in [-0.2, -0.15) is 15.2 Å². The van der Waals surface area contributed by atoms with Crippen LogP contribution in [0.1, 0.15) is 23.1 Å². The van der Waals surface area contributed by atoms with Crippen molar-refractivity contribution in [1.82, 2.24) is 15.0 Å². The Morgan fingerprint density at radius 2 is 1.71 bits per heavy atom. The zero-order valence-electron chi connectivity index (χ0n) is 19.2. The fourth-order valence-corrected chi connectivity index (χ4v) is 3.59. The highest BCUT2D eigenvalue weighted by Gasteiger charge is 2.10. The maximum atomic E-state index is 8.92. The van der Waals surface area contributed by atoms with E-state index >= 15 is 0 Å². The molecule has 2 N–H and O–H groups in total. The van der Waals surface area contributed by atoms with Gasteiger partial charge in [0.1, 0.15) is 5.82 Å². The van der Waals surface area contributed by atoms with Gasteiger partial charge in [0.05, 0.1) is 31.2 Å². The Bertz CT molecular complexity index is 1300. The molecule has 172 valence electrons. The average molecular weight is 455 g/mol. The van der Waals surface area contributed by atoms with E-state index in [4.69, 9.17) is 19.7 Å². The van der Waals surface area contributed by atoms with E-state index in [1.54, 1.807) is 20.4 Å². The number of aromatic nitrogens is 3. The lowest BCUT2D eigenvalue weighted by atomic mass is 10.1. The SMILES string of the molecule is COc1ccc(CNc2nc(NCCCc3ccc(C#N)cc3)nc3ncccc23)cc1OC. The van der Waals surface area contributed by atoms with Crippen LogP contribution in [0.2, 0.25) is 0 Å². The van der Waals surface area contributed by atoms with Crippen LogP contribution in [0, 0.1) is 11.3 Å². The monoisotopic (exact) mass is 454 g/mol. The molecule has 4 rings (SSSR count). The highest BCUT2D eigenvalue weighted by molar-refractivity contribution is 5.87. The van der Waals surface area contributed by atoms with E-state index in [0.717, 1.165) is 23.8 Å². The van der Waals surface area contributed by atoms with Crippen LogP contribution in [0.4, 0.5) is 11.8 Å². The first-order valence-corrected chi connectivity index (χ1v) is 11.0. The Balaban J connectivity index is 1.43. The Morgan fingerprint density at radius 1 is 0.912 bits per heavy atom. The minimum Gasteiger partial charge on any atom is -0.493 e. The van der Waals surface area contributed by atoms with Gasteiger partial charge in [0, 0.05) is 19.3 Å². The van der Waals surface area contributed by atoms with Crippen molar-refractivity contribution in [3.05, 3.63) is 77.5 Å². The van der Waals surface area contributed by atoms with Crippen LogP contribution >= 0.6 is 0 Å². The zero-order valence-corrected chi connectivity index (χ0v) is 19.2. The Hall–Kier alpha value is -4.38. The largest absolute Gasteiger partial charge is 0.493 e. The van der Waals surface area contributed by atoms with Crippen molar-refractivity contribution in [2.24, 2.45) is 0 Å². The molecule has 0 unspecified atom stereocenters. The van der Waals surface area contributed by atoms with Gasteiger partial charge in [-0.1, -0.05) is 18.2 Å². The number of aryl methyl sites for hydroxylation is 1. The number of ether oxygens (including phenoxy) is 2. The summed E-state index contributed by atoms with van der Waals surface area (Å²) < 4.78 is 10.7. The first-order chi connectivity index (χ1) is 16.7. The molecule has 8 heteroatoms. The molecule has 2 heterocycles. The highest BCUT2D eigenvalue weighted by atomic mass is 16.5. The second-order valence-electron chi connectivity index (χ2n) is 7.65. The van der Waals surface area contributed by atoms with Crippen LogP contribution in [0.3, 0.4) is 0 Å². The summed E-state index contributed by atoms with van der Waals surface area (Å²) in [5.74, 6) is 2.61. The van der Waals surface area contributed by atoms with E-state index in [-0.39, 0.29) is 0 Å². The number of benzene rings is 2. The lowest BCUT2D eigenvalue weighted by Gasteiger charge is -2.13. The first kappa shape index (κ1) is 22.8. The van der Waals surface area contributed by atoms with E-state index in [1.165, 1.54) is 5.56 Å². The van der Waals surface area contributed by atoms with Crippen LogP contribution in [0.25, 0.3) is 11.0 Å². The number of hydrogen-bond acceptors (Lipinski definition) is 8. The smallest absolute Gasteiger partial charge is 0.226 e. The molecular weight excluding hydrogens is 428 g/mol. The number of pyridine rings is 1. The zero-order chi connectivity index (χ0) is 23.8. The summed E-state index contributed by atoms with van der Waals surface area (Å²) in [6, 6.07) is 19.4. The molecular formula is C26H26N6O2. The second kappa shape index (κ2) is 11.0. The van der Waals surface area contributed by atoms with Crippen molar-refractivity contribution < 1.29 is 9.47 Å². The van der Waals surface area contributed by atoms with Gasteiger partial charge in [-0.25, -0.2) is 4.98 Å². The van der Waals surface area contributed by atoms with E-state index in [0.29, 0.717) is 47.6 Å². The summed E-state index contributed by atoms with van der Waals surface area (Å²) in [6.07, 6.45) is 3.53. The number of methoxy groups -OCH3 is 2. The van der Waals surface area contributed by atoms with Crippen LogP contribution in [0.5, 0.6) is 11.5 Å². The number of nitriles is 1. The molecule has 0 fully saturated rings. The van der Waals surface area contributed by atoms with Gasteiger partial charge in [0.15, 0.2) is 17.1 Å².